The average molecular weight is 306 g/mol. The Balaban J connectivity index is 1.49. The van der Waals surface area contributed by atoms with Crippen LogP contribution in [0.15, 0.2) is 42.7 Å². The largest absolute Gasteiger partial charge is 0.385 e. The van der Waals surface area contributed by atoms with E-state index < -0.39 is 0 Å². The fourth-order valence-corrected chi connectivity index (χ4v) is 3.41. The molecule has 23 heavy (non-hydrogen) atoms. The fourth-order valence-electron chi connectivity index (χ4n) is 3.41. The molecule has 2 aromatic heterocycles. The second-order valence-corrected chi connectivity index (χ2v) is 6.21. The van der Waals surface area contributed by atoms with Gasteiger partial charge in [-0.3, -0.25) is 0 Å². The van der Waals surface area contributed by atoms with E-state index in [1.54, 1.807) is 0 Å². The molecule has 0 aliphatic carbocycles. The monoisotopic (exact) mass is 306 g/mol. The van der Waals surface area contributed by atoms with Crippen LogP contribution >= 0.6 is 0 Å². The highest BCUT2D eigenvalue weighted by Crippen LogP contribution is 2.25. The maximum atomic E-state index is 4.53. The number of benzene rings is 1. The highest BCUT2D eigenvalue weighted by molar-refractivity contribution is 5.56. The highest BCUT2D eigenvalue weighted by Gasteiger charge is 2.12. The van der Waals surface area contributed by atoms with Crippen LogP contribution in [0.25, 0.3) is 5.65 Å². The standard InChI is InChI=1S/C19H22N4/c1-14-5-4-10-23-16(13-22-19(14)23)12-20-11-15-6-2-8-18-17(15)7-3-9-21-18/h2,4-6,8,10,13,20-21H,3,7,9,11-12H2,1H3. The van der Waals surface area contributed by atoms with E-state index in [-0.39, 0.29) is 0 Å². The Morgan fingerprint density at radius 1 is 1.22 bits per heavy atom. The summed E-state index contributed by atoms with van der Waals surface area (Å²) in [5.74, 6) is 0. The summed E-state index contributed by atoms with van der Waals surface area (Å²) in [6.45, 7) is 4.90. The number of hydrogen-bond donors (Lipinski definition) is 2. The molecule has 118 valence electrons. The Morgan fingerprint density at radius 3 is 3.13 bits per heavy atom. The van der Waals surface area contributed by atoms with Crippen molar-refractivity contribution in [3.8, 4) is 0 Å². The van der Waals surface area contributed by atoms with Gasteiger partial charge in [-0.1, -0.05) is 18.2 Å². The molecule has 0 amide bonds. The third-order valence-electron chi connectivity index (χ3n) is 4.62. The zero-order valence-electron chi connectivity index (χ0n) is 13.5. The van der Waals surface area contributed by atoms with Gasteiger partial charge in [-0.25, -0.2) is 4.98 Å². The maximum absolute atomic E-state index is 4.53. The Hall–Kier alpha value is -2.33. The van der Waals surface area contributed by atoms with Crippen LogP contribution in [0.2, 0.25) is 0 Å². The lowest BCUT2D eigenvalue weighted by atomic mass is 9.97. The van der Waals surface area contributed by atoms with E-state index in [1.165, 1.54) is 40.9 Å². The van der Waals surface area contributed by atoms with Crippen molar-refractivity contribution in [1.82, 2.24) is 14.7 Å². The van der Waals surface area contributed by atoms with E-state index in [9.17, 15) is 0 Å². The van der Waals surface area contributed by atoms with Crippen molar-refractivity contribution >= 4 is 11.3 Å². The van der Waals surface area contributed by atoms with E-state index in [0.717, 1.165) is 25.3 Å². The molecule has 4 rings (SSSR count). The number of hydrogen-bond acceptors (Lipinski definition) is 3. The molecule has 0 bridgehead atoms. The molecule has 1 aliphatic rings. The number of anilines is 1. The van der Waals surface area contributed by atoms with Crippen LogP contribution in [0, 0.1) is 6.92 Å². The second kappa shape index (κ2) is 6.05. The van der Waals surface area contributed by atoms with Gasteiger partial charge in [-0.2, -0.15) is 0 Å². The van der Waals surface area contributed by atoms with Crippen LogP contribution in [0.5, 0.6) is 0 Å². The fraction of sp³-hybridized carbons (Fsp3) is 0.316. The van der Waals surface area contributed by atoms with Crippen LogP contribution in [-0.4, -0.2) is 15.9 Å². The van der Waals surface area contributed by atoms with E-state index in [2.05, 4.69) is 63.5 Å². The van der Waals surface area contributed by atoms with Gasteiger partial charge in [0.2, 0.25) is 0 Å². The number of rotatable bonds is 4. The number of nitrogens with one attached hydrogen (secondary N) is 2. The number of pyridine rings is 1. The highest BCUT2D eigenvalue weighted by atomic mass is 15.0. The first kappa shape index (κ1) is 14.3. The number of aryl methyl sites for hydroxylation is 1. The molecule has 0 unspecified atom stereocenters. The first-order chi connectivity index (χ1) is 11.3. The minimum absolute atomic E-state index is 0.821. The summed E-state index contributed by atoms with van der Waals surface area (Å²) in [6, 6.07) is 10.7. The number of nitrogens with zero attached hydrogens (tertiary/aromatic N) is 2. The van der Waals surface area contributed by atoms with Crippen LogP contribution in [-0.2, 0) is 19.5 Å². The van der Waals surface area contributed by atoms with Gasteiger partial charge in [0.05, 0.1) is 11.9 Å². The Bertz CT molecular complexity index is 835. The lowest BCUT2D eigenvalue weighted by molar-refractivity contribution is 0.667. The average Bonchev–Trinajstić information content (AvgIpc) is 3.00. The summed E-state index contributed by atoms with van der Waals surface area (Å²) in [5, 5.41) is 7.07. The molecule has 4 heteroatoms. The van der Waals surface area contributed by atoms with Crippen LogP contribution in [0.4, 0.5) is 5.69 Å². The third kappa shape index (κ3) is 2.70. The molecule has 3 aromatic rings. The normalized spacial score (nSPS) is 13.8. The van der Waals surface area contributed by atoms with Crippen molar-refractivity contribution < 1.29 is 0 Å². The predicted molar refractivity (Wildman–Crippen MR) is 93.7 cm³/mol. The molecule has 0 atom stereocenters. The van der Waals surface area contributed by atoms with E-state index in [0.29, 0.717) is 0 Å². The van der Waals surface area contributed by atoms with Crippen LogP contribution in [0.1, 0.15) is 28.8 Å². The molecule has 0 fully saturated rings. The van der Waals surface area contributed by atoms with Crippen molar-refractivity contribution in [2.24, 2.45) is 0 Å². The number of fused-ring (bicyclic) bond motifs is 2. The van der Waals surface area contributed by atoms with E-state index >= 15 is 0 Å². The zero-order valence-corrected chi connectivity index (χ0v) is 13.5. The van der Waals surface area contributed by atoms with Gasteiger partial charge in [-0.05, 0) is 48.6 Å². The summed E-state index contributed by atoms with van der Waals surface area (Å²) in [7, 11) is 0. The number of imidazole rings is 1. The molecule has 0 radical (unpaired) electrons. The first-order valence-corrected chi connectivity index (χ1v) is 8.30. The van der Waals surface area contributed by atoms with Crippen LogP contribution < -0.4 is 10.6 Å². The molecular weight excluding hydrogens is 284 g/mol. The van der Waals surface area contributed by atoms with Crippen molar-refractivity contribution in [3.05, 3.63) is 65.1 Å². The smallest absolute Gasteiger partial charge is 0.139 e. The predicted octanol–water partition coefficient (Wildman–Crippen LogP) is 3.29. The van der Waals surface area contributed by atoms with Gasteiger partial charge in [0.1, 0.15) is 5.65 Å². The molecule has 3 heterocycles. The maximum Gasteiger partial charge on any atom is 0.139 e. The molecule has 0 spiro atoms. The minimum atomic E-state index is 0.821. The van der Waals surface area contributed by atoms with Crippen molar-refractivity contribution in [2.45, 2.75) is 32.9 Å². The Kier molecular flexibility index (Phi) is 3.75. The van der Waals surface area contributed by atoms with Crippen molar-refractivity contribution in [2.75, 3.05) is 11.9 Å². The van der Waals surface area contributed by atoms with Gasteiger partial charge in [0, 0.05) is 31.5 Å². The van der Waals surface area contributed by atoms with E-state index in [4.69, 9.17) is 0 Å². The van der Waals surface area contributed by atoms with E-state index in [1.807, 2.05) is 6.20 Å². The Morgan fingerprint density at radius 2 is 2.17 bits per heavy atom. The third-order valence-corrected chi connectivity index (χ3v) is 4.62. The van der Waals surface area contributed by atoms with Crippen LogP contribution in [0.3, 0.4) is 0 Å². The SMILES string of the molecule is Cc1cccn2c(CNCc3cccc4c3CCCN4)cnc12. The summed E-state index contributed by atoms with van der Waals surface area (Å²) in [4.78, 5) is 4.53. The van der Waals surface area contributed by atoms with Gasteiger partial charge in [-0.15, -0.1) is 0 Å². The molecular formula is C19H22N4. The number of aromatic nitrogens is 2. The lowest BCUT2D eigenvalue weighted by Gasteiger charge is -2.21. The molecule has 0 saturated heterocycles. The molecule has 4 nitrogen and oxygen atoms in total. The van der Waals surface area contributed by atoms with Gasteiger partial charge < -0.3 is 15.0 Å². The van der Waals surface area contributed by atoms with Crippen molar-refractivity contribution in [1.29, 1.82) is 0 Å². The quantitative estimate of drug-likeness (QED) is 0.777. The lowest BCUT2D eigenvalue weighted by Crippen LogP contribution is -2.18. The summed E-state index contributed by atoms with van der Waals surface area (Å²) in [5.41, 5.74) is 7.64. The van der Waals surface area contributed by atoms with Gasteiger partial charge in [0.25, 0.3) is 0 Å². The van der Waals surface area contributed by atoms with Gasteiger partial charge in [0.15, 0.2) is 0 Å². The molecule has 1 aromatic carbocycles. The summed E-state index contributed by atoms with van der Waals surface area (Å²) in [6.07, 6.45) is 6.45. The topological polar surface area (TPSA) is 41.4 Å². The Labute approximate surface area is 136 Å². The van der Waals surface area contributed by atoms with Crippen molar-refractivity contribution in [3.63, 3.8) is 0 Å². The molecule has 0 saturated carbocycles. The molecule has 1 aliphatic heterocycles. The second-order valence-electron chi connectivity index (χ2n) is 6.21. The zero-order chi connectivity index (χ0) is 15.6. The molecule has 2 N–H and O–H groups in total. The van der Waals surface area contributed by atoms with Gasteiger partial charge >= 0.3 is 0 Å². The first-order valence-electron chi connectivity index (χ1n) is 8.30. The minimum Gasteiger partial charge on any atom is -0.385 e. The summed E-state index contributed by atoms with van der Waals surface area (Å²) >= 11 is 0. The summed E-state index contributed by atoms with van der Waals surface area (Å²) < 4.78 is 2.17.